The highest BCUT2D eigenvalue weighted by Gasteiger charge is 2.27. The third-order valence-corrected chi connectivity index (χ3v) is 4.33. The highest BCUT2D eigenvalue weighted by Crippen LogP contribution is 2.22. The first-order chi connectivity index (χ1) is 11.5. The molecule has 7 nitrogen and oxygen atoms in total. The fourth-order valence-corrected chi connectivity index (χ4v) is 3.11. The lowest BCUT2D eigenvalue weighted by Gasteiger charge is -2.32. The Hall–Kier alpha value is -2.41. The number of rotatable bonds is 4. The summed E-state index contributed by atoms with van der Waals surface area (Å²) in [5, 5.41) is 8.85. The summed E-state index contributed by atoms with van der Waals surface area (Å²) in [5.41, 5.74) is 1.33. The van der Waals surface area contributed by atoms with E-state index in [0.29, 0.717) is 31.7 Å². The zero-order chi connectivity index (χ0) is 17.1. The number of carbonyl (C=O) groups is 3. The van der Waals surface area contributed by atoms with Gasteiger partial charge in [-0.3, -0.25) is 14.4 Å². The maximum Gasteiger partial charge on any atom is 0.306 e. The van der Waals surface area contributed by atoms with Gasteiger partial charge in [-0.1, -0.05) is 0 Å². The molecule has 2 amide bonds. The SMILES string of the molecule is O=C(O)CC1CN(C(=O)c2ccc(N3CCCC3=O)cc2)CCO1. The van der Waals surface area contributed by atoms with Crippen molar-refractivity contribution in [2.75, 3.05) is 31.1 Å². The third-order valence-electron chi connectivity index (χ3n) is 4.33. The number of carboxylic acids is 1. The van der Waals surface area contributed by atoms with E-state index in [-0.39, 0.29) is 24.8 Å². The second kappa shape index (κ2) is 7.00. The first kappa shape index (κ1) is 16.4. The Morgan fingerprint density at radius 3 is 2.58 bits per heavy atom. The van der Waals surface area contributed by atoms with E-state index in [1.807, 2.05) is 0 Å². The number of carboxylic acid groups (broad SMARTS) is 1. The van der Waals surface area contributed by atoms with Crippen molar-refractivity contribution in [1.29, 1.82) is 0 Å². The minimum absolute atomic E-state index is 0.110. The quantitative estimate of drug-likeness (QED) is 0.893. The average molecular weight is 332 g/mol. The van der Waals surface area contributed by atoms with Gasteiger partial charge in [-0.2, -0.15) is 0 Å². The van der Waals surface area contributed by atoms with Crippen LogP contribution in [0.3, 0.4) is 0 Å². The molecular formula is C17H20N2O5. The molecule has 3 rings (SSSR count). The molecule has 1 unspecified atom stereocenters. The zero-order valence-corrected chi connectivity index (χ0v) is 13.3. The van der Waals surface area contributed by atoms with Crippen molar-refractivity contribution in [2.24, 2.45) is 0 Å². The third kappa shape index (κ3) is 3.56. The molecule has 2 aliphatic heterocycles. The number of nitrogens with zero attached hydrogens (tertiary/aromatic N) is 2. The highest BCUT2D eigenvalue weighted by molar-refractivity contribution is 5.97. The van der Waals surface area contributed by atoms with Crippen LogP contribution in [0, 0.1) is 0 Å². The van der Waals surface area contributed by atoms with Crippen LogP contribution in [0.1, 0.15) is 29.6 Å². The van der Waals surface area contributed by atoms with Crippen molar-refractivity contribution >= 4 is 23.5 Å². The Labute approximate surface area is 139 Å². The van der Waals surface area contributed by atoms with E-state index >= 15 is 0 Å². The molecule has 7 heteroatoms. The number of carbonyl (C=O) groups excluding carboxylic acids is 2. The van der Waals surface area contributed by atoms with Crippen molar-refractivity contribution in [3.8, 4) is 0 Å². The molecule has 2 saturated heterocycles. The van der Waals surface area contributed by atoms with Crippen molar-refractivity contribution in [3.63, 3.8) is 0 Å². The van der Waals surface area contributed by atoms with Crippen LogP contribution in [0.25, 0.3) is 0 Å². The Morgan fingerprint density at radius 1 is 1.21 bits per heavy atom. The van der Waals surface area contributed by atoms with E-state index in [9.17, 15) is 14.4 Å². The number of anilines is 1. The molecule has 0 spiro atoms. The van der Waals surface area contributed by atoms with Crippen LogP contribution in [0.4, 0.5) is 5.69 Å². The second-order valence-corrected chi connectivity index (χ2v) is 6.04. The molecule has 1 aromatic carbocycles. The fourth-order valence-electron chi connectivity index (χ4n) is 3.11. The van der Waals surface area contributed by atoms with Crippen LogP contribution in [0.5, 0.6) is 0 Å². The van der Waals surface area contributed by atoms with E-state index in [4.69, 9.17) is 9.84 Å². The van der Waals surface area contributed by atoms with E-state index in [0.717, 1.165) is 12.1 Å². The van der Waals surface area contributed by atoms with E-state index in [2.05, 4.69) is 0 Å². The van der Waals surface area contributed by atoms with Gasteiger partial charge in [0.05, 0.1) is 19.1 Å². The zero-order valence-electron chi connectivity index (χ0n) is 13.3. The summed E-state index contributed by atoms with van der Waals surface area (Å²) in [6.07, 6.45) is 0.846. The van der Waals surface area contributed by atoms with E-state index < -0.39 is 12.1 Å². The van der Waals surface area contributed by atoms with Gasteiger partial charge < -0.3 is 19.6 Å². The molecule has 1 atom stereocenters. The topological polar surface area (TPSA) is 87.2 Å². The summed E-state index contributed by atoms with van der Waals surface area (Å²) in [6.45, 7) is 1.77. The first-order valence-electron chi connectivity index (χ1n) is 8.07. The van der Waals surface area contributed by atoms with Crippen molar-refractivity contribution in [2.45, 2.75) is 25.4 Å². The summed E-state index contributed by atoms with van der Waals surface area (Å²) < 4.78 is 5.38. The summed E-state index contributed by atoms with van der Waals surface area (Å²) in [4.78, 5) is 38.5. The number of morpholine rings is 1. The van der Waals surface area contributed by atoms with Gasteiger partial charge in [0.2, 0.25) is 5.91 Å². The van der Waals surface area contributed by atoms with Gasteiger partial charge in [-0.15, -0.1) is 0 Å². The maximum absolute atomic E-state index is 12.6. The predicted molar refractivity (Wildman–Crippen MR) is 85.9 cm³/mol. The molecule has 0 radical (unpaired) electrons. The van der Waals surface area contributed by atoms with Crippen molar-refractivity contribution in [3.05, 3.63) is 29.8 Å². The molecular weight excluding hydrogens is 312 g/mol. The largest absolute Gasteiger partial charge is 0.481 e. The minimum atomic E-state index is -0.936. The molecule has 0 saturated carbocycles. The Kier molecular flexibility index (Phi) is 4.80. The molecule has 128 valence electrons. The van der Waals surface area contributed by atoms with Gasteiger partial charge in [0, 0.05) is 37.3 Å². The normalized spacial score (nSPS) is 21.2. The molecule has 0 aromatic heterocycles. The highest BCUT2D eigenvalue weighted by atomic mass is 16.5. The van der Waals surface area contributed by atoms with Gasteiger partial charge in [-0.05, 0) is 30.7 Å². The standard InChI is InChI=1S/C17H20N2O5/c20-15-2-1-7-19(15)13-5-3-12(4-6-13)17(23)18-8-9-24-14(11-18)10-16(21)22/h3-6,14H,1-2,7-11H2,(H,21,22). The van der Waals surface area contributed by atoms with Crippen LogP contribution < -0.4 is 4.90 Å². The maximum atomic E-state index is 12.6. The summed E-state index contributed by atoms with van der Waals surface area (Å²) in [7, 11) is 0. The Bertz CT molecular complexity index is 643. The number of ether oxygens (including phenoxy) is 1. The van der Waals surface area contributed by atoms with Gasteiger partial charge in [0.1, 0.15) is 0 Å². The molecule has 24 heavy (non-hydrogen) atoms. The lowest BCUT2D eigenvalue weighted by Crippen LogP contribution is -2.46. The predicted octanol–water partition coefficient (Wildman–Crippen LogP) is 1.13. The number of benzene rings is 1. The summed E-state index contributed by atoms with van der Waals surface area (Å²) >= 11 is 0. The molecule has 1 N–H and O–H groups in total. The summed E-state index contributed by atoms with van der Waals surface area (Å²) in [5.74, 6) is -0.972. The van der Waals surface area contributed by atoms with Crippen molar-refractivity contribution < 1.29 is 24.2 Å². The number of aliphatic carboxylic acids is 1. The molecule has 2 heterocycles. The Balaban J connectivity index is 1.66. The van der Waals surface area contributed by atoms with Crippen molar-refractivity contribution in [1.82, 2.24) is 4.90 Å². The van der Waals surface area contributed by atoms with Crippen LogP contribution in [-0.2, 0) is 14.3 Å². The molecule has 0 aliphatic carbocycles. The second-order valence-electron chi connectivity index (χ2n) is 6.04. The summed E-state index contributed by atoms with van der Waals surface area (Å²) in [6, 6.07) is 6.99. The fraction of sp³-hybridized carbons (Fsp3) is 0.471. The Morgan fingerprint density at radius 2 is 1.96 bits per heavy atom. The number of hydrogen-bond donors (Lipinski definition) is 1. The molecule has 2 fully saturated rings. The number of amides is 2. The van der Waals surface area contributed by atoms with Crippen LogP contribution >= 0.6 is 0 Å². The first-order valence-corrected chi connectivity index (χ1v) is 8.07. The monoisotopic (exact) mass is 332 g/mol. The van der Waals surface area contributed by atoms with Gasteiger partial charge in [0.15, 0.2) is 0 Å². The van der Waals surface area contributed by atoms with E-state index in [1.54, 1.807) is 34.1 Å². The van der Waals surface area contributed by atoms with Gasteiger partial charge >= 0.3 is 5.97 Å². The van der Waals surface area contributed by atoms with Crippen LogP contribution in [-0.4, -0.2) is 60.1 Å². The molecule has 2 aliphatic rings. The lowest BCUT2D eigenvalue weighted by molar-refractivity contribution is -0.141. The lowest BCUT2D eigenvalue weighted by atomic mass is 10.1. The molecule has 1 aromatic rings. The molecule has 0 bridgehead atoms. The smallest absolute Gasteiger partial charge is 0.306 e. The van der Waals surface area contributed by atoms with Gasteiger partial charge in [-0.25, -0.2) is 0 Å². The van der Waals surface area contributed by atoms with Crippen LogP contribution in [0.2, 0.25) is 0 Å². The number of hydrogen-bond acceptors (Lipinski definition) is 4. The minimum Gasteiger partial charge on any atom is -0.481 e. The van der Waals surface area contributed by atoms with Crippen LogP contribution in [0.15, 0.2) is 24.3 Å². The van der Waals surface area contributed by atoms with E-state index in [1.165, 1.54) is 0 Å². The average Bonchev–Trinajstić information content (AvgIpc) is 3.00. The van der Waals surface area contributed by atoms with Gasteiger partial charge in [0.25, 0.3) is 5.91 Å².